The highest BCUT2D eigenvalue weighted by Gasteiger charge is 2.19. The van der Waals surface area contributed by atoms with Gasteiger partial charge in [0, 0.05) is 51.9 Å². The molecule has 232 valence electrons. The maximum absolute atomic E-state index is 13.3. The fourth-order valence-electron chi connectivity index (χ4n) is 4.46. The molecular formula is C32H42FN5O5. The fraction of sp³-hybridized carbons (Fsp3) is 0.406. The predicted molar refractivity (Wildman–Crippen MR) is 165 cm³/mol. The van der Waals surface area contributed by atoms with Gasteiger partial charge in [0.2, 0.25) is 0 Å². The van der Waals surface area contributed by atoms with Crippen molar-refractivity contribution < 1.29 is 28.6 Å². The Labute approximate surface area is 252 Å². The Morgan fingerprint density at radius 2 is 1.74 bits per heavy atom. The number of benzene rings is 2. The average Bonchev–Trinajstić information content (AvgIpc) is 2.99. The molecule has 3 aromatic rings. The molecule has 0 spiro atoms. The molecule has 10 nitrogen and oxygen atoms in total. The summed E-state index contributed by atoms with van der Waals surface area (Å²) in [6.45, 7) is 11.3. The third-order valence-corrected chi connectivity index (χ3v) is 7.11. The van der Waals surface area contributed by atoms with Gasteiger partial charge in [-0.2, -0.15) is 0 Å². The van der Waals surface area contributed by atoms with Gasteiger partial charge < -0.3 is 35.4 Å². The van der Waals surface area contributed by atoms with Gasteiger partial charge in [0.15, 0.2) is 0 Å². The summed E-state index contributed by atoms with van der Waals surface area (Å²) >= 11 is 0. The second kappa shape index (κ2) is 16.5. The number of hydrogen-bond donors (Lipinski definition) is 4. The standard InChI is InChI=1S/C19H23N3O5.C13H19FN2/c1-11-8-16(23)15(18(24)20-5-6-26-3)9-14(11)19(25)22-17-12(2)7-13(27-4)10-21-17;1-11-2-3-12(10-13(11)14)4-7-16-8-5-15-6-9-16/h7-10,23H,5-6H2,1-4H3,(H,20,24)(H,21,22,25);2-3,10,15H,4-9H2,1H3. The van der Waals surface area contributed by atoms with Crippen LogP contribution >= 0.6 is 0 Å². The Bertz CT molecular complexity index is 1390. The van der Waals surface area contributed by atoms with Crippen molar-refractivity contribution in [3.8, 4) is 11.5 Å². The van der Waals surface area contributed by atoms with Gasteiger partial charge in [-0.3, -0.25) is 9.59 Å². The van der Waals surface area contributed by atoms with E-state index < -0.39 is 11.8 Å². The third kappa shape index (κ3) is 10.0. The number of phenolic OH excluding ortho intramolecular Hbond substituents is 1. The van der Waals surface area contributed by atoms with Crippen molar-refractivity contribution in [2.24, 2.45) is 0 Å². The summed E-state index contributed by atoms with van der Waals surface area (Å²) in [5.74, 6) is -0.229. The van der Waals surface area contributed by atoms with E-state index in [-0.39, 0.29) is 22.7 Å². The number of anilines is 1. The zero-order chi connectivity index (χ0) is 31.4. The van der Waals surface area contributed by atoms with Gasteiger partial charge in [0.25, 0.3) is 11.8 Å². The van der Waals surface area contributed by atoms with Crippen LogP contribution in [0.3, 0.4) is 0 Å². The molecule has 2 heterocycles. The number of ether oxygens (including phenoxy) is 2. The van der Waals surface area contributed by atoms with E-state index >= 15 is 0 Å². The second-order valence-electron chi connectivity index (χ2n) is 10.4. The molecule has 11 heteroatoms. The van der Waals surface area contributed by atoms with Crippen molar-refractivity contribution in [3.63, 3.8) is 0 Å². The lowest BCUT2D eigenvalue weighted by Gasteiger charge is -2.27. The van der Waals surface area contributed by atoms with Crippen LogP contribution in [0.1, 0.15) is 43.0 Å². The molecule has 0 atom stereocenters. The summed E-state index contributed by atoms with van der Waals surface area (Å²) in [5.41, 5.74) is 3.37. The van der Waals surface area contributed by atoms with Gasteiger partial charge in [0.1, 0.15) is 23.1 Å². The number of nitrogens with zero attached hydrogens (tertiary/aromatic N) is 2. The SMILES string of the molecule is COCCNC(=O)c1cc(C(=O)Nc2ncc(OC)cc2C)c(C)cc1O.Cc1ccc(CCN2CCNCC2)cc1F. The number of rotatable bonds is 10. The quantitative estimate of drug-likeness (QED) is 0.262. The van der Waals surface area contributed by atoms with Crippen LogP contribution in [0, 0.1) is 26.6 Å². The number of aromatic hydroxyl groups is 1. The molecule has 0 saturated carbocycles. The number of aryl methyl sites for hydroxylation is 3. The summed E-state index contributed by atoms with van der Waals surface area (Å²) in [7, 11) is 3.06. The lowest BCUT2D eigenvalue weighted by Crippen LogP contribution is -2.44. The number of halogens is 1. The molecule has 0 aliphatic carbocycles. The maximum atomic E-state index is 13.3. The predicted octanol–water partition coefficient (Wildman–Crippen LogP) is 3.62. The van der Waals surface area contributed by atoms with E-state index in [0.29, 0.717) is 30.3 Å². The molecule has 0 unspecified atom stereocenters. The lowest BCUT2D eigenvalue weighted by molar-refractivity contribution is 0.0934. The number of phenols is 1. The van der Waals surface area contributed by atoms with Crippen molar-refractivity contribution in [1.29, 1.82) is 0 Å². The van der Waals surface area contributed by atoms with E-state index in [4.69, 9.17) is 9.47 Å². The minimum Gasteiger partial charge on any atom is -0.507 e. The Hall–Kier alpha value is -4.06. The van der Waals surface area contributed by atoms with E-state index in [2.05, 4.69) is 25.8 Å². The number of pyridine rings is 1. The van der Waals surface area contributed by atoms with Crippen LogP contribution in [0.15, 0.2) is 42.6 Å². The Morgan fingerprint density at radius 3 is 2.40 bits per heavy atom. The van der Waals surface area contributed by atoms with Crippen LogP contribution < -0.4 is 20.7 Å². The van der Waals surface area contributed by atoms with Gasteiger partial charge in [-0.15, -0.1) is 0 Å². The van der Waals surface area contributed by atoms with Crippen LogP contribution in [-0.2, 0) is 11.2 Å². The van der Waals surface area contributed by atoms with Crippen molar-refractivity contribution in [2.75, 3.05) is 65.4 Å². The van der Waals surface area contributed by atoms with Crippen LogP contribution in [0.5, 0.6) is 11.5 Å². The van der Waals surface area contributed by atoms with Gasteiger partial charge in [-0.25, -0.2) is 9.37 Å². The topological polar surface area (TPSA) is 125 Å². The van der Waals surface area contributed by atoms with Crippen molar-refractivity contribution in [3.05, 3.63) is 81.8 Å². The Kier molecular flexibility index (Phi) is 12.9. The number of hydrogen-bond acceptors (Lipinski definition) is 8. The third-order valence-electron chi connectivity index (χ3n) is 7.11. The molecular weight excluding hydrogens is 553 g/mol. The molecule has 0 bridgehead atoms. The van der Waals surface area contributed by atoms with E-state index in [1.165, 1.54) is 32.5 Å². The number of carbonyl (C=O) groups excluding carboxylic acids is 2. The Balaban J connectivity index is 0.000000268. The number of piperazine rings is 1. The van der Waals surface area contributed by atoms with E-state index in [1.54, 1.807) is 32.9 Å². The number of carbonyl (C=O) groups is 2. The molecule has 43 heavy (non-hydrogen) atoms. The Morgan fingerprint density at radius 1 is 1.00 bits per heavy atom. The van der Waals surface area contributed by atoms with Gasteiger partial charge in [0.05, 0.1) is 25.5 Å². The van der Waals surface area contributed by atoms with E-state index in [9.17, 15) is 19.1 Å². The van der Waals surface area contributed by atoms with E-state index in [0.717, 1.165) is 55.8 Å². The monoisotopic (exact) mass is 595 g/mol. The summed E-state index contributed by atoms with van der Waals surface area (Å²) in [6.07, 6.45) is 2.44. The molecule has 1 saturated heterocycles. The molecule has 0 radical (unpaired) electrons. The smallest absolute Gasteiger partial charge is 0.257 e. The minimum atomic E-state index is -0.489. The summed E-state index contributed by atoms with van der Waals surface area (Å²) in [4.78, 5) is 31.5. The van der Waals surface area contributed by atoms with Crippen molar-refractivity contribution in [1.82, 2.24) is 20.5 Å². The first kappa shape index (κ1) is 33.4. The number of methoxy groups -OCH3 is 2. The molecule has 2 aromatic carbocycles. The van der Waals surface area contributed by atoms with Gasteiger partial charge in [-0.05, 0) is 73.7 Å². The van der Waals surface area contributed by atoms with Crippen LogP contribution in [0.4, 0.5) is 10.2 Å². The second-order valence-corrected chi connectivity index (χ2v) is 10.4. The summed E-state index contributed by atoms with van der Waals surface area (Å²) in [6, 6.07) is 10.1. The lowest BCUT2D eigenvalue weighted by atomic mass is 10.0. The normalized spacial score (nSPS) is 13.1. The van der Waals surface area contributed by atoms with E-state index in [1.807, 2.05) is 12.1 Å². The minimum absolute atomic E-state index is 0.0151. The van der Waals surface area contributed by atoms with Crippen molar-refractivity contribution in [2.45, 2.75) is 27.2 Å². The first-order valence-electron chi connectivity index (χ1n) is 14.2. The van der Waals surface area contributed by atoms with Crippen LogP contribution in [0.2, 0.25) is 0 Å². The number of amides is 2. The summed E-state index contributed by atoms with van der Waals surface area (Å²) in [5, 5.41) is 18.7. The zero-order valence-electron chi connectivity index (χ0n) is 25.6. The molecule has 2 amide bonds. The highest BCUT2D eigenvalue weighted by molar-refractivity contribution is 6.07. The summed E-state index contributed by atoms with van der Waals surface area (Å²) < 4.78 is 23.3. The fourth-order valence-corrected chi connectivity index (χ4v) is 4.46. The highest BCUT2D eigenvalue weighted by Crippen LogP contribution is 2.24. The van der Waals surface area contributed by atoms with Crippen LogP contribution in [-0.4, -0.2) is 86.9 Å². The molecule has 4 rings (SSSR count). The molecule has 4 N–H and O–H groups in total. The molecule has 1 aromatic heterocycles. The van der Waals surface area contributed by atoms with Gasteiger partial charge >= 0.3 is 0 Å². The maximum Gasteiger partial charge on any atom is 0.257 e. The first-order valence-corrected chi connectivity index (χ1v) is 14.2. The largest absolute Gasteiger partial charge is 0.507 e. The van der Waals surface area contributed by atoms with Gasteiger partial charge in [-0.1, -0.05) is 12.1 Å². The van der Waals surface area contributed by atoms with Crippen LogP contribution in [0.25, 0.3) is 0 Å². The number of aromatic nitrogens is 1. The first-order chi connectivity index (χ1) is 20.6. The molecule has 1 aliphatic rings. The highest BCUT2D eigenvalue weighted by atomic mass is 19.1. The zero-order valence-corrected chi connectivity index (χ0v) is 25.6. The number of nitrogens with one attached hydrogen (secondary N) is 3. The molecule has 1 fully saturated rings. The average molecular weight is 596 g/mol. The van der Waals surface area contributed by atoms with Crippen molar-refractivity contribution >= 4 is 17.6 Å². The molecule has 1 aliphatic heterocycles.